The molecule has 1 heterocycles. The molecule has 5 nitrogen and oxygen atoms in total. The molecule has 3 N–H and O–H groups in total. The van der Waals surface area contributed by atoms with E-state index < -0.39 is 0 Å². The highest BCUT2D eigenvalue weighted by Crippen LogP contribution is 2.43. The summed E-state index contributed by atoms with van der Waals surface area (Å²) in [5, 5.41) is 3.14. The predicted octanol–water partition coefficient (Wildman–Crippen LogP) is 1.62. The Labute approximate surface area is 124 Å². The molecular weight excluding hydrogens is 268 g/mol. The molecule has 5 heteroatoms. The van der Waals surface area contributed by atoms with Crippen LogP contribution in [-0.4, -0.2) is 25.7 Å². The van der Waals surface area contributed by atoms with Crippen molar-refractivity contribution in [3.8, 4) is 11.5 Å². The van der Waals surface area contributed by atoms with Gasteiger partial charge in [-0.25, -0.2) is 0 Å². The number of amides is 1. The first-order valence-electron chi connectivity index (χ1n) is 7.59. The van der Waals surface area contributed by atoms with Crippen LogP contribution in [0.2, 0.25) is 0 Å². The molecule has 1 aromatic rings. The number of hydrogen-bond donors (Lipinski definition) is 2. The first-order valence-corrected chi connectivity index (χ1v) is 7.59. The SMILES string of the molecule is CC(CN)C(=O)NC(c1ccc2c(c1)OCCO2)C1CC1. The number of nitrogens with two attached hydrogens (primary N) is 1. The lowest BCUT2D eigenvalue weighted by molar-refractivity contribution is -0.125. The Morgan fingerprint density at radius 2 is 2.05 bits per heavy atom. The standard InChI is InChI=1S/C16H22N2O3/c1-10(9-17)16(19)18-15(11-2-3-11)12-4-5-13-14(8-12)21-7-6-20-13/h4-5,8,10-11,15H,2-3,6-7,9,17H2,1H3,(H,18,19). The lowest BCUT2D eigenvalue weighted by Gasteiger charge is -2.24. The number of carbonyl (C=O) groups excluding carboxylic acids is 1. The van der Waals surface area contributed by atoms with E-state index in [2.05, 4.69) is 5.32 Å². The van der Waals surface area contributed by atoms with E-state index in [0.717, 1.165) is 29.9 Å². The molecule has 0 saturated heterocycles. The fourth-order valence-corrected chi connectivity index (χ4v) is 2.56. The largest absolute Gasteiger partial charge is 0.486 e. The molecule has 1 aliphatic heterocycles. The van der Waals surface area contributed by atoms with Gasteiger partial charge < -0.3 is 20.5 Å². The Hall–Kier alpha value is -1.75. The van der Waals surface area contributed by atoms with Crippen LogP contribution in [0.5, 0.6) is 11.5 Å². The molecule has 0 aromatic heterocycles. The number of nitrogens with one attached hydrogen (secondary N) is 1. The van der Waals surface area contributed by atoms with E-state index in [1.54, 1.807) is 0 Å². The second kappa shape index (κ2) is 5.93. The first-order chi connectivity index (χ1) is 10.2. The summed E-state index contributed by atoms with van der Waals surface area (Å²) in [5.74, 6) is 1.92. The van der Waals surface area contributed by atoms with Gasteiger partial charge in [0.1, 0.15) is 13.2 Å². The Morgan fingerprint density at radius 1 is 1.33 bits per heavy atom. The van der Waals surface area contributed by atoms with Gasteiger partial charge in [0.15, 0.2) is 11.5 Å². The first kappa shape index (κ1) is 14.2. The van der Waals surface area contributed by atoms with Crippen LogP contribution in [0.3, 0.4) is 0 Å². The van der Waals surface area contributed by atoms with E-state index in [9.17, 15) is 4.79 Å². The van der Waals surface area contributed by atoms with E-state index in [0.29, 0.717) is 25.7 Å². The molecule has 1 amide bonds. The predicted molar refractivity (Wildman–Crippen MR) is 79.3 cm³/mol. The summed E-state index contributed by atoms with van der Waals surface area (Å²) < 4.78 is 11.2. The highest BCUT2D eigenvalue weighted by atomic mass is 16.6. The maximum absolute atomic E-state index is 12.1. The third-order valence-electron chi connectivity index (χ3n) is 4.12. The molecule has 0 spiro atoms. The molecule has 1 aliphatic carbocycles. The number of fused-ring (bicyclic) bond motifs is 1. The molecule has 3 rings (SSSR count). The molecule has 0 bridgehead atoms. The van der Waals surface area contributed by atoms with E-state index in [1.807, 2.05) is 25.1 Å². The van der Waals surface area contributed by atoms with Crippen molar-refractivity contribution in [2.24, 2.45) is 17.6 Å². The van der Waals surface area contributed by atoms with Gasteiger partial charge >= 0.3 is 0 Å². The topological polar surface area (TPSA) is 73.6 Å². The van der Waals surface area contributed by atoms with Gasteiger partial charge in [0, 0.05) is 12.5 Å². The highest BCUT2D eigenvalue weighted by Gasteiger charge is 2.34. The van der Waals surface area contributed by atoms with Crippen molar-refractivity contribution >= 4 is 5.91 Å². The van der Waals surface area contributed by atoms with Crippen molar-refractivity contribution in [1.82, 2.24) is 5.32 Å². The number of hydrogen-bond acceptors (Lipinski definition) is 4. The molecule has 114 valence electrons. The normalized spacial score (nSPS) is 19.7. The lowest BCUT2D eigenvalue weighted by Crippen LogP contribution is -2.36. The minimum absolute atomic E-state index is 0.0179. The number of benzene rings is 1. The van der Waals surface area contributed by atoms with Crippen molar-refractivity contribution in [3.05, 3.63) is 23.8 Å². The molecule has 1 saturated carbocycles. The summed E-state index contributed by atoms with van der Waals surface area (Å²) >= 11 is 0. The maximum Gasteiger partial charge on any atom is 0.224 e. The summed E-state index contributed by atoms with van der Waals surface area (Å²) in [4.78, 5) is 12.1. The van der Waals surface area contributed by atoms with E-state index >= 15 is 0 Å². The molecule has 0 radical (unpaired) electrons. The summed E-state index contributed by atoms with van der Waals surface area (Å²) in [7, 11) is 0. The summed E-state index contributed by atoms with van der Waals surface area (Å²) in [6.07, 6.45) is 2.30. The van der Waals surface area contributed by atoms with Crippen molar-refractivity contribution in [2.75, 3.05) is 19.8 Å². The molecular formula is C16H22N2O3. The van der Waals surface area contributed by atoms with Gasteiger partial charge in [-0.05, 0) is 36.5 Å². The van der Waals surface area contributed by atoms with Gasteiger partial charge in [0.2, 0.25) is 5.91 Å². The quantitative estimate of drug-likeness (QED) is 0.864. The second-order valence-corrected chi connectivity index (χ2v) is 5.86. The van der Waals surface area contributed by atoms with Gasteiger partial charge in [-0.3, -0.25) is 4.79 Å². The van der Waals surface area contributed by atoms with Crippen molar-refractivity contribution in [2.45, 2.75) is 25.8 Å². The van der Waals surface area contributed by atoms with Gasteiger partial charge in [-0.1, -0.05) is 13.0 Å². The third kappa shape index (κ3) is 3.13. The minimum atomic E-state index is -0.163. The Kier molecular flexibility index (Phi) is 4.01. The van der Waals surface area contributed by atoms with Gasteiger partial charge in [0.05, 0.1) is 6.04 Å². The molecule has 1 aromatic carbocycles. The molecule has 21 heavy (non-hydrogen) atoms. The zero-order chi connectivity index (χ0) is 14.8. The van der Waals surface area contributed by atoms with Crippen LogP contribution in [0.15, 0.2) is 18.2 Å². The van der Waals surface area contributed by atoms with Crippen molar-refractivity contribution < 1.29 is 14.3 Å². The van der Waals surface area contributed by atoms with Crippen molar-refractivity contribution in [3.63, 3.8) is 0 Å². The van der Waals surface area contributed by atoms with Crippen LogP contribution < -0.4 is 20.5 Å². The van der Waals surface area contributed by atoms with E-state index in [4.69, 9.17) is 15.2 Å². The van der Waals surface area contributed by atoms with Crippen molar-refractivity contribution in [1.29, 1.82) is 0 Å². The fraction of sp³-hybridized carbons (Fsp3) is 0.562. The lowest BCUT2D eigenvalue weighted by atomic mass is 10.0. The van der Waals surface area contributed by atoms with Gasteiger partial charge in [0.25, 0.3) is 0 Å². The molecule has 2 unspecified atom stereocenters. The Morgan fingerprint density at radius 3 is 2.71 bits per heavy atom. The Balaban J connectivity index is 1.79. The van der Waals surface area contributed by atoms with Crippen LogP contribution >= 0.6 is 0 Å². The fourth-order valence-electron chi connectivity index (χ4n) is 2.56. The maximum atomic E-state index is 12.1. The van der Waals surface area contributed by atoms with Crippen LogP contribution in [-0.2, 0) is 4.79 Å². The highest BCUT2D eigenvalue weighted by molar-refractivity contribution is 5.79. The van der Waals surface area contributed by atoms with E-state index in [-0.39, 0.29) is 17.9 Å². The average Bonchev–Trinajstić information content (AvgIpc) is 3.35. The van der Waals surface area contributed by atoms with Gasteiger partial charge in [-0.15, -0.1) is 0 Å². The van der Waals surface area contributed by atoms with Crippen LogP contribution in [0.25, 0.3) is 0 Å². The summed E-state index contributed by atoms with van der Waals surface area (Å²) in [6.45, 7) is 3.37. The third-order valence-corrected chi connectivity index (χ3v) is 4.12. The number of carbonyl (C=O) groups is 1. The zero-order valence-corrected chi connectivity index (χ0v) is 12.3. The molecule has 2 aliphatic rings. The van der Waals surface area contributed by atoms with Gasteiger partial charge in [-0.2, -0.15) is 0 Å². The number of rotatable bonds is 5. The zero-order valence-electron chi connectivity index (χ0n) is 12.3. The Bertz CT molecular complexity index is 528. The molecule has 1 fully saturated rings. The van der Waals surface area contributed by atoms with E-state index in [1.165, 1.54) is 0 Å². The monoisotopic (exact) mass is 290 g/mol. The summed E-state index contributed by atoms with van der Waals surface area (Å²) in [5.41, 5.74) is 6.66. The summed E-state index contributed by atoms with van der Waals surface area (Å²) in [6, 6.07) is 5.98. The second-order valence-electron chi connectivity index (χ2n) is 5.86. The smallest absolute Gasteiger partial charge is 0.224 e. The average molecular weight is 290 g/mol. The number of ether oxygens (including phenoxy) is 2. The van der Waals surface area contributed by atoms with Crippen LogP contribution in [0, 0.1) is 11.8 Å². The molecule has 2 atom stereocenters. The van der Waals surface area contributed by atoms with Crippen LogP contribution in [0.1, 0.15) is 31.4 Å². The van der Waals surface area contributed by atoms with Crippen LogP contribution in [0.4, 0.5) is 0 Å². The minimum Gasteiger partial charge on any atom is -0.486 e.